The summed E-state index contributed by atoms with van der Waals surface area (Å²) in [7, 11) is 0. The Kier molecular flexibility index (Phi) is 6.62. The molecule has 0 atom stereocenters. The normalized spacial score (nSPS) is 16.6. The van der Waals surface area contributed by atoms with Crippen molar-refractivity contribution in [1.82, 2.24) is 15.1 Å². The van der Waals surface area contributed by atoms with Gasteiger partial charge in [0.1, 0.15) is 0 Å². The Morgan fingerprint density at radius 2 is 1.55 bits per heavy atom. The van der Waals surface area contributed by atoms with Crippen molar-refractivity contribution in [3.8, 4) is 11.1 Å². The van der Waals surface area contributed by atoms with E-state index in [1.807, 2.05) is 54.6 Å². The van der Waals surface area contributed by atoms with E-state index in [0.29, 0.717) is 39.1 Å². The van der Waals surface area contributed by atoms with Gasteiger partial charge in [0.15, 0.2) is 0 Å². The molecule has 2 N–H and O–H groups in total. The average Bonchev–Trinajstić information content (AvgIpc) is 3.62. The summed E-state index contributed by atoms with van der Waals surface area (Å²) in [6.07, 6.45) is 2.30. The largest absolute Gasteiger partial charge is 0.345 e. The molecular formula is C24H28N4O3. The van der Waals surface area contributed by atoms with Crippen LogP contribution in [0.5, 0.6) is 0 Å². The predicted molar refractivity (Wildman–Crippen MR) is 119 cm³/mol. The number of nitrogens with one attached hydrogen (secondary N) is 2. The number of nitrogens with zero attached hydrogens (tertiary/aromatic N) is 2. The zero-order valence-electron chi connectivity index (χ0n) is 17.5. The first-order valence-corrected chi connectivity index (χ1v) is 10.9. The van der Waals surface area contributed by atoms with Crippen LogP contribution >= 0.6 is 0 Å². The standard InChI is InChI=1S/C24H28N4O3/c29-22(26-21-9-5-4-8-20(21)18-6-2-1-3-7-18)12-13-27-14-16-28(17-15-27)24(31)23(30)25-19-10-11-19/h1-9,19H,10-17H2,(H,25,30)(H,26,29). The van der Waals surface area contributed by atoms with E-state index >= 15 is 0 Å². The summed E-state index contributed by atoms with van der Waals surface area (Å²) in [5.74, 6) is -0.972. The summed E-state index contributed by atoms with van der Waals surface area (Å²) in [4.78, 5) is 40.5. The van der Waals surface area contributed by atoms with E-state index in [9.17, 15) is 14.4 Å². The van der Waals surface area contributed by atoms with Crippen LogP contribution in [0.2, 0.25) is 0 Å². The van der Waals surface area contributed by atoms with Gasteiger partial charge in [0.25, 0.3) is 0 Å². The van der Waals surface area contributed by atoms with Crippen LogP contribution in [0.4, 0.5) is 5.69 Å². The van der Waals surface area contributed by atoms with Gasteiger partial charge in [-0.3, -0.25) is 19.3 Å². The van der Waals surface area contributed by atoms with Crippen LogP contribution in [-0.4, -0.2) is 66.3 Å². The molecule has 0 aromatic heterocycles. The molecule has 1 saturated carbocycles. The van der Waals surface area contributed by atoms with Gasteiger partial charge in [-0.05, 0) is 24.5 Å². The number of para-hydroxylation sites is 1. The SMILES string of the molecule is O=C(CCN1CCN(C(=O)C(=O)NC2CC2)CC1)Nc1ccccc1-c1ccccc1. The third-order valence-corrected chi connectivity index (χ3v) is 5.71. The van der Waals surface area contributed by atoms with E-state index in [4.69, 9.17) is 0 Å². The number of anilines is 1. The Morgan fingerprint density at radius 3 is 2.26 bits per heavy atom. The van der Waals surface area contributed by atoms with Gasteiger partial charge in [0.05, 0.1) is 0 Å². The third-order valence-electron chi connectivity index (χ3n) is 5.71. The highest BCUT2D eigenvalue weighted by atomic mass is 16.2. The molecule has 162 valence electrons. The Morgan fingerprint density at radius 1 is 0.871 bits per heavy atom. The average molecular weight is 421 g/mol. The van der Waals surface area contributed by atoms with Gasteiger partial charge in [-0.25, -0.2) is 0 Å². The highest BCUT2D eigenvalue weighted by Crippen LogP contribution is 2.27. The number of piperazine rings is 1. The molecular weight excluding hydrogens is 392 g/mol. The van der Waals surface area contributed by atoms with Crippen molar-refractivity contribution in [3.05, 3.63) is 54.6 Å². The minimum absolute atomic E-state index is 0.0364. The molecule has 2 aromatic carbocycles. The summed E-state index contributed by atoms with van der Waals surface area (Å²) in [6, 6.07) is 18.0. The fraction of sp³-hybridized carbons (Fsp3) is 0.375. The van der Waals surface area contributed by atoms with Crippen molar-refractivity contribution in [2.24, 2.45) is 0 Å². The maximum absolute atomic E-state index is 12.6. The van der Waals surface area contributed by atoms with Crippen molar-refractivity contribution in [2.45, 2.75) is 25.3 Å². The van der Waals surface area contributed by atoms with Crippen LogP contribution in [0, 0.1) is 0 Å². The Balaban J connectivity index is 1.23. The van der Waals surface area contributed by atoms with E-state index in [0.717, 1.165) is 29.7 Å². The van der Waals surface area contributed by atoms with E-state index in [1.165, 1.54) is 0 Å². The number of carbonyl (C=O) groups is 3. The second kappa shape index (κ2) is 9.75. The molecule has 3 amide bonds. The number of benzene rings is 2. The molecule has 4 rings (SSSR count). The molecule has 1 aliphatic carbocycles. The lowest BCUT2D eigenvalue weighted by molar-refractivity contribution is -0.147. The van der Waals surface area contributed by atoms with Gasteiger partial charge in [0.2, 0.25) is 5.91 Å². The number of amides is 3. The molecule has 0 bridgehead atoms. The zero-order valence-corrected chi connectivity index (χ0v) is 17.5. The van der Waals surface area contributed by atoms with Crippen LogP contribution in [0.25, 0.3) is 11.1 Å². The van der Waals surface area contributed by atoms with Gasteiger partial charge < -0.3 is 15.5 Å². The van der Waals surface area contributed by atoms with Crippen LogP contribution in [0.3, 0.4) is 0 Å². The van der Waals surface area contributed by atoms with E-state index in [2.05, 4.69) is 15.5 Å². The first-order chi connectivity index (χ1) is 15.1. The first kappa shape index (κ1) is 21.1. The lowest BCUT2D eigenvalue weighted by Crippen LogP contribution is -2.53. The van der Waals surface area contributed by atoms with Crippen molar-refractivity contribution in [2.75, 3.05) is 38.0 Å². The number of hydrogen-bond donors (Lipinski definition) is 2. The maximum Gasteiger partial charge on any atom is 0.311 e. The van der Waals surface area contributed by atoms with Crippen LogP contribution in [0.1, 0.15) is 19.3 Å². The molecule has 2 aliphatic rings. The molecule has 7 heteroatoms. The van der Waals surface area contributed by atoms with Gasteiger partial charge >= 0.3 is 11.8 Å². The second-order valence-electron chi connectivity index (χ2n) is 8.09. The van der Waals surface area contributed by atoms with Gasteiger partial charge in [0, 0.05) is 56.4 Å². The van der Waals surface area contributed by atoms with Crippen LogP contribution in [-0.2, 0) is 14.4 Å². The smallest absolute Gasteiger partial charge is 0.311 e. The van der Waals surface area contributed by atoms with Crippen molar-refractivity contribution in [1.29, 1.82) is 0 Å². The van der Waals surface area contributed by atoms with Gasteiger partial charge in [-0.15, -0.1) is 0 Å². The van der Waals surface area contributed by atoms with E-state index in [-0.39, 0.29) is 11.9 Å². The highest BCUT2D eigenvalue weighted by Gasteiger charge is 2.30. The quantitative estimate of drug-likeness (QED) is 0.702. The van der Waals surface area contributed by atoms with Gasteiger partial charge in [-0.2, -0.15) is 0 Å². The molecule has 2 aromatic rings. The molecule has 7 nitrogen and oxygen atoms in total. The molecule has 0 radical (unpaired) electrons. The summed E-state index contributed by atoms with van der Waals surface area (Å²) in [5.41, 5.74) is 2.86. The molecule has 0 unspecified atom stereocenters. The van der Waals surface area contributed by atoms with Crippen molar-refractivity contribution < 1.29 is 14.4 Å². The number of rotatable bonds is 6. The third kappa shape index (κ3) is 5.70. The van der Waals surface area contributed by atoms with E-state index in [1.54, 1.807) is 4.90 Å². The summed E-state index contributed by atoms with van der Waals surface area (Å²) in [5, 5.41) is 5.78. The Bertz CT molecular complexity index is 935. The van der Waals surface area contributed by atoms with Crippen molar-refractivity contribution in [3.63, 3.8) is 0 Å². The Hall–Kier alpha value is -3.19. The fourth-order valence-electron chi connectivity index (χ4n) is 3.73. The van der Waals surface area contributed by atoms with Crippen LogP contribution in [0.15, 0.2) is 54.6 Å². The molecule has 0 spiro atoms. The molecule has 1 heterocycles. The van der Waals surface area contributed by atoms with Crippen molar-refractivity contribution >= 4 is 23.4 Å². The van der Waals surface area contributed by atoms with E-state index < -0.39 is 11.8 Å². The number of hydrogen-bond acceptors (Lipinski definition) is 4. The lowest BCUT2D eigenvalue weighted by atomic mass is 10.0. The molecule has 1 saturated heterocycles. The summed E-state index contributed by atoms with van der Waals surface area (Å²) in [6.45, 7) is 2.97. The summed E-state index contributed by atoms with van der Waals surface area (Å²) < 4.78 is 0. The monoisotopic (exact) mass is 420 g/mol. The molecule has 1 aliphatic heterocycles. The molecule has 2 fully saturated rings. The minimum Gasteiger partial charge on any atom is -0.345 e. The fourth-order valence-corrected chi connectivity index (χ4v) is 3.73. The second-order valence-corrected chi connectivity index (χ2v) is 8.09. The zero-order chi connectivity index (χ0) is 21.6. The topological polar surface area (TPSA) is 81.8 Å². The number of carbonyl (C=O) groups excluding carboxylic acids is 3. The Labute approximate surface area is 182 Å². The molecule has 31 heavy (non-hydrogen) atoms. The summed E-state index contributed by atoms with van der Waals surface area (Å²) >= 11 is 0. The first-order valence-electron chi connectivity index (χ1n) is 10.9. The predicted octanol–water partition coefficient (Wildman–Crippen LogP) is 2.10. The maximum atomic E-state index is 12.6. The minimum atomic E-state index is -0.493. The lowest BCUT2D eigenvalue weighted by Gasteiger charge is -2.34. The van der Waals surface area contributed by atoms with Gasteiger partial charge in [-0.1, -0.05) is 48.5 Å². The highest BCUT2D eigenvalue weighted by molar-refractivity contribution is 6.35. The van der Waals surface area contributed by atoms with Crippen LogP contribution < -0.4 is 10.6 Å².